The number of imidazole rings is 1. The van der Waals surface area contributed by atoms with Gasteiger partial charge in [-0.15, -0.1) is 0 Å². The van der Waals surface area contributed by atoms with E-state index in [9.17, 15) is 0 Å². The molecular formula is C22H21N5. The lowest BCUT2D eigenvalue weighted by Crippen LogP contribution is -2.10. The number of nitrogens with zero attached hydrogens (tertiary/aromatic N) is 5. The van der Waals surface area contributed by atoms with E-state index >= 15 is 0 Å². The van der Waals surface area contributed by atoms with Crippen LogP contribution in [0.5, 0.6) is 0 Å². The van der Waals surface area contributed by atoms with Crippen molar-refractivity contribution < 1.29 is 0 Å². The Hall–Kier alpha value is -3.34. The molecular weight excluding hydrogens is 334 g/mol. The van der Waals surface area contributed by atoms with Gasteiger partial charge >= 0.3 is 0 Å². The average molecular weight is 355 g/mol. The van der Waals surface area contributed by atoms with Crippen molar-refractivity contribution in [3.05, 3.63) is 84.7 Å². The molecule has 0 unspecified atom stereocenters. The fourth-order valence-electron chi connectivity index (χ4n) is 3.37. The molecule has 0 amide bonds. The Bertz CT molecular complexity index is 1020. The number of rotatable bonds is 5. The summed E-state index contributed by atoms with van der Waals surface area (Å²) >= 11 is 0. The van der Waals surface area contributed by atoms with E-state index in [2.05, 4.69) is 56.5 Å². The fraction of sp³-hybridized carbons (Fsp3) is 0.182. The third kappa shape index (κ3) is 3.36. The summed E-state index contributed by atoms with van der Waals surface area (Å²) in [5.74, 6) is 1.60. The number of hydrogen-bond donors (Lipinski definition) is 0. The second-order valence-electron chi connectivity index (χ2n) is 6.47. The lowest BCUT2D eigenvalue weighted by Gasteiger charge is -2.19. The zero-order chi connectivity index (χ0) is 18.6. The van der Waals surface area contributed by atoms with Crippen LogP contribution in [-0.4, -0.2) is 24.5 Å². The predicted octanol–water partition coefficient (Wildman–Crippen LogP) is 4.71. The first kappa shape index (κ1) is 17.1. The van der Waals surface area contributed by atoms with Crippen LogP contribution >= 0.6 is 0 Å². The smallest absolute Gasteiger partial charge is 0.159 e. The standard InChI is InChI=1S/C22H21N5/c1-3-20(17-8-10-23-11-9-17)27-13-12-24-22(27)18-14-25-21(26-15-18)19-7-5-4-6-16(19)2/h4-15,20H,3H2,1-2H3/t20-/m1/s1. The normalized spacial score (nSPS) is 12.1. The van der Waals surface area contributed by atoms with Crippen molar-refractivity contribution in [2.45, 2.75) is 26.3 Å². The number of aromatic nitrogens is 5. The van der Waals surface area contributed by atoms with Gasteiger partial charge in [0, 0.05) is 42.7 Å². The summed E-state index contributed by atoms with van der Waals surface area (Å²) in [7, 11) is 0. The average Bonchev–Trinajstić information content (AvgIpc) is 3.19. The largest absolute Gasteiger partial charge is 0.323 e. The molecule has 5 heteroatoms. The number of benzene rings is 1. The van der Waals surface area contributed by atoms with Gasteiger partial charge in [-0.3, -0.25) is 4.98 Å². The highest BCUT2D eigenvalue weighted by Gasteiger charge is 2.17. The van der Waals surface area contributed by atoms with Crippen LogP contribution in [0.3, 0.4) is 0 Å². The molecule has 4 rings (SSSR count). The first-order valence-electron chi connectivity index (χ1n) is 9.09. The van der Waals surface area contributed by atoms with E-state index in [0.29, 0.717) is 0 Å². The highest BCUT2D eigenvalue weighted by atomic mass is 15.1. The van der Waals surface area contributed by atoms with E-state index in [-0.39, 0.29) is 6.04 Å². The van der Waals surface area contributed by atoms with Crippen molar-refractivity contribution in [3.63, 3.8) is 0 Å². The Morgan fingerprint density at radius 1 is 0.926 bits per heavy atom. The van der Waals surface area contributed by atoms with Crippen LogP contribution in [0.2, 0.25) is 0 Å². The lowest BCUT2D eigenvalue weighted by molar-refractivity contribution is 0.571. The monoisotopic (exact) mass is 355 g/mol. The topological polar surface area (TPSA) is 56.5 Å². The molecule has 0 N–H and O–H groups in total. The first-order valence-corrected chi connectivity index (χ1v) is 9.09. The van der Waals surface area contributed by atoms with E-state index in [1.807, 2.05) is 55.4 Å². The minimum absolute atomic E-state index is 0.196. The van der Waals surface area contributed by atoms with Crippen molar-refractivity contribution in [3.8, 4) is 22.8 Å². The zero-order valence-corrected chi connectivity index (χ0v) is 15.4. The Morgan fingerprint density at radius 2 is 1.67 bits per heavy atom. The van der Waals surface area contributed by atoms with Crippen molar-refractivity contribution >= 4 is 0 Å². The maximum absolute atomic E-state index is 4.59. The second kappa shape index (κ2) is 7.50. The van der Waals surface area contributed by atoms with Crippen LogP contribution in [0.1, 0.15) is 30.5 Å². The minimum Gasteiger partial charge on any atom is -0.323 e. The van der Waals surface area contributed by atoms with E-state index in [1.54, 1.807) is 0 Å². The molecule has 3 heterocycles. The number of hydrogen-bond acceptors (Lipinski definition) is 4. The first-order chi connectivity index (χ1) is 13.3. The van der Waals surface area contributed by atoms with Gasteiger partial charge in [0.05, 0.1) is 11.6 Å². The van der Waals surface area contributed by atoms with Crippen LogP contribution in [-0.2, 0) is 0 Å². The van der Waals surface area contributed by atoms with Crippen LogP contribution in [0, 0.1) is 6.92 Å². The van der Waals surface area contributed by atoms with Crippen LogP contribution in [0.25, 0.3) is 22.8 Å². The van der Waals surface area contributed by atoms with Crippen molar-refractivity contribution in [1.82, 2.24) is 24.5 Å². The second-order valence-corrected chi connectivity index (χ2v) is 6.47. The molecule has 5 nitrogen and oxygen atoms in total. The van der Waals surface area contributed by atoms with Gasteiger partial charge in [0.2, 0.25) is 0 Å². The van der Waals surface area contributed by atoms with Crippen LogP contribution in [0.15, 0.2) is 73.6 Å². The molecule has 4 aromatic rings. The van der Waals surface area contributed by atoms with E-state index < -0.39 is 0 Å². The fourth-order valence-corrected chi connectivity index (χ4v) is 3.37. The maximum Gasteiger partial charge on any atom is 0.159 e. The Morgan fingerprint density at radius 3 is 2.37 bits per heavy atom. The highest BCUT2D eigenvalue weighted by Crippen LogP contribution is 2.28. The molecule has 0 aliphatic heterocycles. The quantitative estimate of drug-likeness (QED) is 0.520. The van der Waals surface area contributed by atoms with Gasteiger partial charge in [0.15, 0.2) is 5.82 Å². The summed E-state index contributed by atoms with van der Waals surface area (Å²) in [5, 5.41) is 0. The molecule has 1 atom stereocenters. The van der Waals surface area contributed by atoms with E-state index in [4.69, 9.17) is 0 Å². The summed E-state index contributed by atoms with van der Waals surface area (Å²) < 4.78 is 2.18. The van der Waals surface area contributed by atoms with Crippen molar-refractivity contribution in [2.24, 2.45) is 0 Å². The molecule has 0 saturated carbocycles. The van der Waals surface area contributed by atoms with Gasteiger partial charge in [-0.1, -0.05) is 31.2 Å². The molecule has 0 aliphatic carbocycles. The zero-order valence-electron chi connectivity index (χ0n) is 15.4. The molecule has 134 valence electrons. The van der Waals surface area contributed by atoms with Crippen molar-refractivity contribution in [2.75, 3.05) is 0 Å². The van der Waals surface area contributed by atoms with Gasteiger partial charge < -0.3 is 4.57 Å². The Labute approximate surface area is 158 Å². The van der Waals surface area contributed by atoms with E-state index in [0.717, 1.165) is 34.8 Å². The summed E-state index contributed by atoms with van der Waals surface area (Å²) in [6, 6.07) is 12.4. The predicted molar refractivity (Wildman–Crippen MR) is 106 cm³/mol. The summed E-state index contributed by atoms with van der Waals surface area (Å²) in [5.41, 5.74) is 4.33. The summed E-state index contributed by atoms with van der Waals surface area (Å²) in [6.07, 6.45) is 12.2. The highest BCUT2D eigenvalue weighted by molar-refractivity contribution is 5.62. The summed E-state index contributed by atoms with van der Waals surface area (Å²) in [6.45, 7) is 4.24. The van der Waals surface area contributed by atoms with Gasteiger partial charge in [-0.05, 0) is 36.6 Å². The third-order valence-corrected chi connectivity index (χ3v) is 4.78. The molecule has 1 aromatic carbocycles. The minimum atomic E-state index is 0.196. The van der Waals surface area contributed by atoms with Gasteiger partial charge in [-0.25, -0.2) is 15.0 Å². The number of pyridine rings is 1. The molecule has 0 spiro atoms. The summed E-state index contributed by atoms with van der Waals surface area (Å²) in [4.78, 5) is 17.9. The third-order valence-electron chi connectivity index (χ3n) is 4.78. The molecule has 0 bridgehead atoms. The van der Waals surface area contributed by atoms with Gasteiger partial charge in [0.25, 0.3) is 0 Å². The number of aryl methyl sites for hydroxylation is 1. The van der Waals surface area contributed by atoms with E-state index in [1.165, 1.54) is 5.56 Å². The van der Waals surface area contributed by atoms with Gasteiger partial charge in [0.1, 0.15) is 5.82 Å². The SMILES string of the molecule is CC[C@H](c1ccncc1)n1ccnc1-c1cnc(-c2ccccc2C)nc1. The van der Waals surface area contributed by atoms with Gasteiger partial charge in [-0.2, -0.15) is 0 Å². The van der Waals surface area contributed by atoms with Crippen LogP contribution in [0.4, 0.5) is 0 Å². The van der Waals surface area contributed by atoms with Crippen molar-refractivity contribution in [1.29, 1.82) is 0 Å². The molecule has 0 fully saturated rings. The molecule has 27 heavy (non-hydrogen) atoms. The lowest BCUT2D eigenvalue weighted by atomic mass is 10.1. The Balaban J connectivity index is 1.69. The Kier molecular flexibility index (Phi) is 4.75. The molecule has 3 aromatic heterocycles. The maximum atomic E-state index is 4.59. The molecule has 0 saturated heterocycles. The molecule has 0 radical (unpaired) electrons. The molecule has 0 aliphatic rings. The van der Waals surface area contributed by atoms with Crippen LogP contribution < -0.4 is 0 Å².